The van der Waals surface area contributed by atoms with Crippen molar-refractivity contribution >= 4 is 72.9 Å². The van der Waals surface area contributed by atoms with E-state index >= 15 is 0 Å². The predicted molar refractivity (Wildman–Crippen MR) is 92.4 cm³/mol. The number of aliphatic carboxylic acids is 2. The Labute approximate surface area is 178 Å². The number of allylic oxidation sites excluding steroid dienone is 4. The van der Waals surface area contributed by atoms with Gasteiger partial charge in [0.2, 0.25) is 0 Å². The van der Waals surface area contributed by atoms with E-state index in [0.29, 0.717) is 12.8 Å². The maximum atomic E-state index is 10.1. The van der Waals surface area contributed by atoms with Crippen molar-refractivity contribution in [1.29, 1.82) is 0 Å². The molecule has 23 heavy (non-hydrogen) atoms. The van der Waals surface area contributed by atoms with Gasteiger partial charge < -0.3 is 19.8 Å². The molecule has 0 aliphatic carbocycles. The second kappa shape index (κ2) is 20.3. The van der Waals surface area contributed by atoms with Crippen molar-refractivity contribution in [2.75, 3.05) is 0 Å². The van der Waals surface area contributed by atoms with Crippen LogP contribution in [-0.2, 0) is 9.59 Å². The molecule has 0 aliphatic rings. The number of alkyl halides is 2. The summed E-state index contributed by atoms with van der Waals surface area (Å²) in [5.74, 6) is -2.40. The topological polar surface area (TPSA) is 80.3 Å². The number of carbonyl (C=O) groups excluding carboxylic acids is 2. The molecule has 0 amide bonds. The summed E-state index contributed by atoms with van der Waals surface area (Å²) in [6, 6.07) is 0. The van der Waals surface area contributed by atoms with Crippen LogP contribution in [0.3, 0.4) is 0 Å². The molecule has 0 radical (unpaired) electrons. The minimum absolute atomic E-state index is 0. The van der Waals surface area contributed by atoms with Gasteiger partial charge in [-0.05, 0) is 25.7 Å². The molecule has 0 saturated heterocycles. The Kier molecular flexibility index (Phi) is 24.8. The SMILES string of the molecule is CCC/C=C/CC(Cl)C(=O)[O-].CCC/C=C/CC(Cl)C(=O)[O-].[Ca+2]. The Morgan fingerprint density at radius 3 is 1.35 bits per heavy atom. The molecular formula is C16H24CaCl2O4. The number of rotatable bonds is 10. The van der Waals surface area contributed by atoms with Gasteiger partial charge in [-0.3, -0.25) is 0 Å². The van der Waals surface area contributed by atoms with Gasteiger partial charge in [0.05, 0.1) is 22.7 Å². The van der Waals surface area contributed by atoms with Crippen LogP contribution < -0.4 is 10.2 Å². The smallest absolute Gasteiger partial charge is 0.549 e. The van der Waals surface area contributed by atoms with Crippen LogP contribution in [0.2, 0.25) is 0 Å². The first-order chi connectivity index (χ1) is 10.4. The molecular weight excluding hydrogens is 367 g/mol. The van der Waals surface area contributed by atoms with Crippen molar-refractivity contribution in [3.63, 3.8) is 0 Å². The maximum Gasteiger partial charge on any atom is 2.00 e. The average Bonchev–Trinajstić information content (AvgIpc) is 2.48. The first-order valence-electron chi connectivity index (χ1n) is 7.36. The molecule has 0 aromatic heterocycles. The number of halogens is 2. The summed E-state index contributed by atoms with van der Waals surface area (Å²) in [5, 5.41) is 18.4. The van der Waals surface area contributed by atoms with Crippen molar-refractivity contribution in [2.24, 2.45) is 0 Å². The zero-order chi connectivity index (χ0) is 17.4. The molecule has 0 heterocycles. The van der Waals surface area contributed by atoms with E-state index in [9.17, 15) is 19.8 Å². The summed E-state index contributed by atoms with van der Waals surface area (Å²) in [6.07, 6.45) is 12.2. The van der Waals surface area contributed by atoms with Crippen LogP contribution in [0.5, 0.6) is 0 Å². The number of unbranched alkanes of at least 4 members (excludes halogenated alkanes) is 2. The molecule has 7 heteroatoms. The summed E-state index contributed by atoms with van der Waals surface area (Å²) >= 11 is 10.8. The molecule has 0 rings (SSSR count). The van der Waals surface area contributed by atoms with Crippen molar-refractivity contribution in [2.45, 2.75) is 63.1 Å². The van der Waals surface area contributed by atoms with E-state index in [4.69, 9.17) is 23.2 Å². The van der Waals surface area contributed by atoms with Crippen LogP contribution in [0.4, 0.5) is 0 Å². The van der Waals surface area contributed by atoms with E-state index in [2.05, 4.69) is 13.8 Å². The van der Waals surface area contributed by atoms with Gasteiger partial charge in [-0.1, -0.05) is 51.0 Å². The quantitative estimate of drug-likeness (QED) is 0.323. The molecule has 0 spiro atoms. The molecule has 0 fully saturated rings. The Hall–Kier alpha value is 0.260. The van der Waals surface area contributed by atoms with Crippen molar-refractivity contribution in [1.82, 2.24) is 0 Å². The van der Waals surface area contributed by atoms with Crippen LogP contribution in [0.15, 0.2) is 24.3 Å². The monoisotopic (exact) mass is 390 g/mol. The molecule has 0 saturated carbocycles. The van der Waals surface area contributed by atoms with Gasteiger partial charge in [-0.25, -0.2) is 0 Å². The van der Waals surface area contributed by atoms with E-state index in [1.54, 1.807) is 12.2 Å². The number of carboxylic acids is 2. The Morgan fingerprint density at radius 1 is 0.826 bits per heavy atom. The van der Waals surface area contributed by atoms with Gasteiger partial charge in [0.1, 0.15) is 0 Å². The predicted octanol–water partition coefficient (Wildman–Crippen LogP) is 1.80. The first kappa shape index (κ1) is 28.1. The minimum atomic E-state index is -1.20. The molecule has 2 unspecified atom stereocenters. The first-order valence-corrected chi connectivity index (χ1v) is 8.23. The van der Waals surface area contributed by atoms with E-state index < -0.39 is 22.7 Å². The zero-order valence-corrected chi connectivity index (χ0v) is 17.5. The van der Waals surface area contributed by atoms with Gasteiger partial charge in [-0.2, -0.15) is 0 Å². The number of carbonyl (C=O) groups is 2. The molecule has 128 valence electrons. The number of hydrogen-bond acceptors (Lipinski definition) is 4. The molecule has 0 aliphatic heterocycles. The maximum absolute atomic E-state index is 10.1. The van der Waals surface area contributed by atoms with Crippen LogP contribution in [0, 0.1) is 0 Å². The summed E-state index contributed by atoms with van der Waals surface area (Å²) in [7, 11) is 0. The summed E-state index contributed by atoms with van der Waals surface area (Å²) in [4.78, 5) is 20.2. The Bertz CT molecular complexity index is 326. The standard InChI is InChI=1S/2C8H13ClO2.Ca/c2*1-2-3-4-5-6-7(9)8(10)11;/h2*4-5,7H,2-3,6H2,1H3,(H,10,11);/q;;+2/p-2/b2*5-4+;. The van der Waals surface area contributed by atoms with Crippen molar-refractivity contribution in [3.8, 4) is 0 Å². The third-order valence-corrected chi connectivity index (χ3v) is 3.15. The largest absolute Gasteiger partial charge is 2.00 e. The van der Waals surface area contributed by atoms with Crippen LogP contribution >= 0.6 is 23.2 Å². The van der Waals surface area contributed by atoms with Crippen molar-refractivity contribution in [3.05, 3.63) is 24.3 Å². The van der Waals surface area contributed by atoms with Gasteiger partial charge in [-0.15, -0.1) is 23.2 Å². The van der Waals surface area contributed by atoms with Crippen LogP contribution in [-0.4, -0.2) is 60.4 Å². The Balaban J connectivity index is -0.000000333. The molecule has 0 aromatic rings. The fraction of sp³-hybridized carbons (Fsp3) is 0.625. The van der Waals surface area contributed by atoms with Crippen LogP contribution in [0.25, 0.3) is 0 Å². The Morgan fingerprint density at radius 2 is 1.13 bits per heavy atom. The van der Waals surface area contributed by atoms with Crippen molar-refractivity contribution < 1.29 is 19.8 Å². The fourth-order valence-electron chi connectivity index (χ4n) is 1.19. The number of carboxylic acid groups (broad SMARTS) is 2. The molecule has 0 N–H and O–H groups in total. The molecule has 2 atom stereocenters. The normalized spacial score (nSPS) is 13.0. The average molecular weight is 391 g/mol. The van der Waals surface area contributed by atoms with Gasteiger partial charge in [0.25, 0.3) is 0 Å². The second-order valence-electron chi connectivity index (χ2n) is 4.56. The fourth-order valence-corrected chi connectivity index (χ4v) is 1.40. The van der Waals surface area contributed by atoms with E-state index in [0.717, 1.165) is 25.7 Å². The molecule has 0 aromatic carbocycles. The van der Waals surface area contributed by atoms with Gasteiger partial charge in [0, 0.05) is 0 Å². The van der Waals surface area contributed by atoms with Crippen LogP contribution in [0.1, 0.15) is 52.4 Å². The van der Waals surface area contributed by atoms with E-state index in [-0.39, 0.29) is 37.7 Å². The molecule has 4 nitrogen and oxygen atoms in total. The second-order valence-corrected chi connectivity index (χ2v) is 5.62. The third-order valence-electron chi connectivity index (χ3n) is 2.44. The van der Waals surface area contributed by atoms with Gasteiger partial charge >= 0.3 is 37.7 Å². The minimum Gasteiger partial charge on any atom is -0.549 e. The third kappa shape index (κ3) is 22.3. The van der Waals surface area contributed by atoms with Gasteiger partial charge in [0.15, 0.2) is 0 Å². The molecule has 0 bridgehead atoms. The zero-order valence-electron chi connectivity index (χ0n) is 13.8. The summed E-state index contributed by atoms with van der Waals surface area (Å²) in [5.41, 5.74) is 0. The van der Waals surface area contributed by atoms with E-state index in [1.165, 1.54) is 0 Å². The summed E-state index contributed by atoms with van der Waals surface area (Å²) in [6.45, 7) is 4.11. The number of hydrogen-bond donors (Lipinski definition) is 0. The van der Waals surface area contributed by atoms with E-state index in [1.807, 2.05) is 12.2 Å². The summed E-state index contributed by atoms with van der Waals surface area (Å²) < 4.78 is 0.